The molecule has 0 aliphatic carbocycles. The number of hydrogen-bond acceptors (Lipinski definition) is 1. The fourth-order valence-corrected chi connectivity index (χ4v) is 2.80. The highest BCUT2D eigenvalue weighted by molar-refractivity contribution is 6.13. The van der Waals surface area contributed by atoms with Crippen molar-refractivity contribution in [2.45, 2.75) is 33.1 Å². The molecule has 0 amide bonds. The van der Waals surface area contributed by atoms with Crippen LogP contribution in [0.4, 0.5) is 4.39 Å². The molecule has 3 heteroatoms. The molecule has 0 aliphatic heterocycles. The molecule has 108 valence electrons. The van der Waals surface area contributed by atoms with E-state index in [1.54, 1.807) is 10.6 Å². The second kappa shape index (κ2) is 4.42. The van der Waals surface area contributed by atoms with Gasteiger partial charge in [-0.2, -0.15) is 0 Å². The minimum absolute atomic E-state index is 0.00247. The zero-order valence-electron chi connectivity index (χ0n) is 12.7. The van der Waals surface area contributed by atoms with Crippen LogP contribution in [0.2, 0.25) is 0 Å². The largest absolute Gasteiger partial charge is 0.280 e. The van der Waals surface area contributed by atoms with Crippen molar-refractivity contribution in [2.24, 2.45) is 0 Å². The average molecular weight is 283 g/mol. The van der Waals surface area contributed by atoms with E-state index in [9.17, 15) is 9.18 Å². The number of hydrogen-bond donors (Lipinski definition) is 0. The molecule has 1 aromatic heterocycles. The number of halogens is 1. The van der Waals surface area contributed by atoms with E-state index in [-0.39, 0.29) is 17.1 Å². The van der Waals surface area contributed by atoms with Crippen LogP contribution >= 0.6 is 0 Å². The monoisotopic (exact) mass is 283 g/mol. The number of carbonyl (C=O) groups is 1. The van der Waals surface area contributed by atoms with E-state index in [0.29, 0.717) is 0 Å². The molecule has 2 nitrogen and oxygen atoms in total. The predicted molar refractivity (Wildman–Crippen MR) is 84.4 cm³/mol. The summed E-state index contributed by atoms with van der Waals surface area (Å²) in [6, 6.07) is 10.6. The predicted octanol–water partition coefficient (Wildman–Crippen LogP) is 4.89. The average Bonchev–Trinajstić information content (AvgIpc) is 2.70. The molecule has 2 aromatic carbocycles. The maximum absolute atomic E-state index is 13.5. The van der Waals surface area contributed by atoms with Crippen molar-refractivity contribution in [3.05, 3.63) is 47.8 Å². The summed E-state index contributed by atoms with van der Waals surface area (Å²) < 4.78 is 15.2. The van der Waals surface area contributed by atoms with E-state index >= 15 is 0 Å². The van der Waals surface area contributed by atoms with Crippen LogP contribution in [-0.4, -0.2) is 10.5 Å². The molecule has 3 aromatic rings. The van der Waals surface area contributed by atoms with Gasteiger partial charge in [-0.15, -0.1) is 0 Å². The second-order valence-corrected chi connectivity index (χ2v) is 6.50. The van der Waals surface area contributed by atoms with Gasteiger partial charge in [-0.05, 0) is 35.2 Å². The van der Waals surface area contributed by atoms with E-state index in [2.05, 4.69) is 26.8 Å². The van der Waals surface area contributed by atoms with E-state index in [1.807, 2.05) is 12.1 Å². The fourth-order valence-electron chi connectivity index (χ4n) is 2.80. The third kappa shape index (κ3) is 2.13. The Morgan fingerprint density at radius 2 is 1.71 bits per heavy atom. The summed E-state index contributed by atoms with van der Waals surface area (Å²) in [5.74, 6) is -0.349. The van der Waals surface area contributed by atoms with Crippen molar-refractivity contribution < 1.29 is 9.18 Å². The fraction of sp³-hybridized carbons (Fsp3) is 0.278. The molecule has 0 N–H and O–H groups in total. The van der Waals surface area contributed by atoms with E-state index in [0.717, 1.165) is 27.4 Å². The van der Waals surface area contributed by atoms with Gasteiger partial charge in [0.1, 0.15) is 5.82 Å². The summed E-state index contributed by atoms with van der Waals surface area (Å²) >= 11 is 0. The first-order chi connectivity index (χ1) is 9.79. The third-order valence-electron chi connectivity index (χ3n) is 3.91. The quantitative estimate of drug-likeness (QED) is 0.575. The van der Waals surface area contributed by atoms with Crippen LogP contribution in [0.1, 0.15) is 38.1 Å². The van der Waals surface area contributed by atoms with Gasteiger partial charge in [-0.3, -0.25) is 9.36 Å². The lowest BCUT2D eigenvalue weighted by Crippen LogP contribution is -2.11. The molecule has 0 saturated carbocycles. The summed E-state index contributed by atoms with van der Waals surface area (Å²) in [6.45, 7) is 7.93. The first-order valence-electron chi connectivity index (χ1n) is 7.04. The van der Waals surface area contributed by atoms with Gasteiger partial charge in [0.05, 0.1) is 11.0 Å². The molecule has 0 bridgehead atoms. The second-order valence-electron chi connectivity index (χ2n) is 6.50. The van der Waals surface area contributed by atoms with E-state index in [4.69, 9.17) is 0 Å². The Morgan fingerprint density at radius 3 is 2.33 bits per heavy atom. The highest BCUT2D eigenvalue weighted by Crippen LogP contribution is 2.33. The Morgan fingerprint density at radius 1 is 1.00 bits per heavy atom. The van der Waals surface area contributed by atoms with Crippen LogP contribution in [0.3, 0.4) is 0 Å². The number of carbonyl (C=O) groups excluding carboxylic acids is 1. The van der Waals surface area contributed by atoms with Crippen LogP contribution in [0.15, 0.2) is 36.4 Å². The minimum Gasteiger partial charge on any atom is -0.280 e. The van der Waals surface area contributed by atoms with Crippen molar-refractivity contribution in [1.82, 2.24) is 4.57 Å². The summed E-state index contributed by atoms with van der Waals surface area (Å²) in [5, 5.41) is 1.69. The zero-order chi connectivity index (χ0) is 15.4. The summed E-state index contributed by atoms with van der Waals surface area (Å²) in [6.07, 6.45) is 0. The van der Waals surface area contributed by atoms with Gasteiger partial charge in [-0.25, -0.2) is 4.39 Å². The molecule has 0 fully saturated rings. The van der Waals surface area contributed by atoms with Crippen LogP contribution in [0, 0.1) is 5.82 Å². The smallest absolute Gasteiger partial charge is 0.228 e. The van der Waals surface area contributed by atoms with Crippen LogP contribution < -0.4 is 0 Å². The lowest BCUT2D eigenvalue weighted by molar-refractivity contribution is 0.0946. The Hall–Kier alpha value is -2.16. The van der Waals surface area contributed by atoms with Crippen molar-refractivity contribution in [3.8, 4) is 0 Å². The third-order valence-corrected chi connectivity index (χ3v) is 3.91. The molecule has 0 saturated heterocycles. The SMILES string of the molecule is CC(=O)n1c2ccc(F)cc2c2ccc(C(C)(C)C)cc21. The molecule has 3 rings (SSSR count). The van der Waals surface area contributed by atoms with Crippen molar-refractivity contribution in [3.63, 3.8) is 0 Å². The van der Waals surface area contributed by atoms with Gasteiger partial charge in [0.15, 0.2) is 0 Å². The normalized spacial score (nSPS) is 12.2. The summed E-state index contributed by atoms with van der Waals surface area (Å²) in [5.41, 5.74) is 2.75. The lowest BCUT2D eigenvalue weighted by atomic mass is 9.86. The molecule has 0 aliphatic rings. The molecule has 21 heavy (non-hydrogen) atoms. The Balaban J connectivity index is 2.48. The highest BCUT2D eigenvalue weighted by atomic mass is 19.1. The molecular formula is C18H18FNO. The number of benzene rings is 2. The molecule has 1 heterocycles. The van der Waals surface area contributed by atoms with Crippen LogP contribution in [-0.2, 0) is 5.41 Å². The molecule has 0 atom stereocenters. The summed E-state index contributed by atoms with van der Waals surface area (Å²) in [4.78, 5) is 12.0. The summed E-state index contributed by atoms with van der Waals surface area (Å²) in [7, 11) is 0. The number of aromatic nitrogens is 1. The number of nitrogens with zero attached hydrogens (tertiary/aromatic N) is 1. The lowest BCUT2D eigenvalue weighted by Gasteiger charge is -2.19. The first kappa shape index (κ1) is 13.8. The van der Waals surface area contributed by atoms with Crippen molar-refractivity contribution in [1.29, 1.82) is 0 Å². The van der Waals surface area contributed by atoms with Crippen LogP contribution in [0.25, 0.3) is 21.8 Å². The van der Waals surface area contributed by atoms with Crippen molar-refractivity contribution >= 4 is 27.7 Å². The Kier molecular flexibility index (Phi) is 2.90. The van der Waals surface area contributed by atoms with Crippen molar-refractivity contribution in [2.75, 3.05) is 0 Å². The van der Waals surface area contributed by atoms with Gasteiger partial charge in [0.2, 0.25) is 5.91 Å². The zero-order valence-corrected chi connectivity index (χ0v) is 12.7. The molecule has 0 unspecified atom stereocenters. The molecule has 0 spiro atoms. The first-order valence-corrected chi connectivity index (χ1v) is 7.04. The van der Waals surface area contributed by atoms with Crippen LogP contribution in [0.5, 0.6) is 0 Å². The Labute approximate surface area is 123 Å². The van der Waals surface area contributed by atoms with Gasteiger partial charge >= 0.3 is 0 Å². The topological polar surface area (TPSA) is 22.0 Å². The van der Waals surface area contributed by atoms with Gasteiger partial charge in [-0.1, -0.05) is 32.9 Å². The maximum Gasteiger partial charge on any atom is 0.228 e. The minimum atomic E-state index is -0.287. The maximum atomic E-state index is 13.5. The van der Waals surface area contributed by atoms with E-state index < -0.39 is 0 Å². The van der Waals surface area contributed by atoms with E-state index in [1.165, 1.54) is 19.1 Å². The molecule has 0 radical (unpaired) electrons. The van der Waals surface area contributed by atoms with Gasteiger partial charge < -0.3 is 0 Å². The number of fused-ring (bicyclic) bond motifs is 3. The highest BCUT2D eigenvalue weighted by Gasteiger charge is 2.18. The van der Waals surface area contributed by atoms with Gasteiger partial charge in [0, 0.05) is 17.7 Å². The molecular weight excluding hydrogens is 265 g/mol. The number of rotatable bonds is 0. The standard InChI is InChI=1S/C18H18FNO/c1-11(21)20-16-8-6-13(19)10-15(16)14-7-5-12(9-17(14)20)18(2,3)4/h5-10H,1-4H3. The van der Waals surface area contributed by atoms with Gasteiger partial charge in [0.25, 0.3) is 0 Å². The Bertz CT molecular complexity index is 868.